The molecule has 0 atom stereocenters. The molecule has 0 N–H and O–H groups in total. The van der Waals surface area contributed by atoms with Crippen molar-refractivity contribution in [1.29, 1.82) is 0 Å². The molecule has 0 saturated carbocycles. The molecule has 0 unspecified atom stereocenters. The topological polar surface area (TPSA) is 47.9 Å². The summed E-state index contributed by atoms with van der Waals surface area (Å²) >= 11 is 6.99. The van der Waals surface area contributed by atoms with Crippen molar-refractivity contribution in [2.24, 2.45) is 10.9 Å². The van der Waals surface area contributed by atoms with Crippen molar-refractivity contribution in [2.45, 2.75) is 13.8 Å². The predicted octanol–water partition coefficient (Wildman–Crippen LogP) is 5.73. The van der Waals surface area contributed by atoms with Crippen molar-refractivity contribution in [2.75, 3.05) is 6.61 Å². The number of hydrogen-bond acceptors (Lipinski definition) is 4. The molecule has 2 aromatic rings. The molecule has 1 heterocycles. The van der Waals surface area contributed by atoms with E-state index in [-0.39, 0.29) is 17.4 Å². The molecule has 0 aromatic heterocycles. The predicted molar refractivity (Wildman–Crippen MR) is 109 cm³/mol. The summed E-state index contributed by atoms with van der Waals surface area (Å²) < 4.78 is 25.6. The SMILES string of the molecule is CC(C)COc1c(Br)cc(/C=C2\N=C(c3ccc(F)cc3)OC2=O)cc1Br. The lowest BCUT2D eigenvalue weighted by Crippen LogP contribution is -2.05. The molecule has 7 heteroatoms. The summed E-state index contributed by atoms with van der Waals surface area (Å²) in [4.78, 5) is 16.3. The summed E-state index contributed by atoms with van der Waals surface area (Å²) in [7, 11) is 0. The Morgan fingerprint density at radius 1 is 1.19 bits per heavy atom. The number of hydrogen-bond donors (Lipinski definition) is 0. The highest BCUT2D eigenvalue weighted by atomic mass is 79.9. The van der Waals surface area contributed by atoms with Gasteiger partial charge >= 0.3 is 5.97 Å². The number of rotatable bonds is 5. The van der Waals surface area contributed by atoms with Crippen LogP contribution in [0.1, 0.15) is 25.0 Å². The van der Waals surface area contributed by atoms with Crippen molar-refractivity contribution in [1.82, 2.24) is 0 Å². The number of ether oxygens (including phenoxy) is 2. The molecule has 1 aliphatic heterocycles. The van der Waals surface area contributed by atoms with Gasteiger partial charge in [0.15, 0.2) is 5.70 Å². The molecular weight excluding hydrogens is 481 g/mol. The average molecular weight is 497 g/mol. The molecule has 0 spiro atoms. The fraction of sp³-hybridized carbons (Fsp3) is 0.200. The number of carbonyl (C=O) groups excluding carboxylic acids is 1. The summed E-state index contributed by atoms with van der Waals surface area (Å²) in [5.74, 6) is 0.338. The largest absolute Gasteiger partial charge is 0.491 e. The second-order valence-corrected chi connectivity index (χ2v) is 8.07. The van der Waals surface area contributed by atoms with E-state index in [0.29, 0.717) is 23.8 Å². The maximum absolute atomic E-state index is 13.0. The molecule has 1 aliphatic rings. The lowest BCUT2D eigenvalue weighted by atomic mass is 10.2. The zero-order valence-corrected chi connectivity index (χ0v) is 17.8. The molecule has 27 heavy (non-hydrogen) atoms. The number of esters is 1. The second kappa shape index (κ2) is 8.35. The van der Waals surface area contributed by atoms with E-state index in [4.69, 9.17) is 9.47 Å². The molecule has 0 aliphatic carbocycles. The van der Waals surface area contributed by atoms with Crippen LogP contribution in [0.5, 0.6) is 5.75 Å². The monoisotopic (exact) mass is 495 g/mol. The number of cyclic esters (lactones) is 1. The third-order valence-electron chi connectivity index (χ3n) is 3.60. The first-order valence-corrected chi connectivity index (χ1v) is 9.82. The summed E-state index contributed by atoms with van der Waals surface area (Å²) in [6, 6.07) is 9.28. The van der Waals surface area contributed by atoms with E-state index in [0.717, 1.165) is 14.5 Å². The van der Waals surface area contributed by atoms with Gasteiger partial charge in [0.25, 0.3) is 0 Å². The quantitative estimate of drug-likeness (QED) is 0.392. The van der Waals surface area contributed by atoms with Crippen LogP contribution in [0.4, 0.5) is 4.39 Å². The fourth-order valence-corrected chi connectivity index (χ4v) is 3.78. The molecule has 0 bridgehead atoms. The van der Waals surface area contributed by atoms with Gasteiger partial charge in [0.05, 0.1) is 15.6 Å². The number of benzene rings is 2. The van der Waals surface area contributed by atoms with Gasteiger partial charge in [-0.05, 0) is 85.8 Å². The summed E-state index contributed by atoms with van der Waals surface area (Å²) in [5.41, 5.74) is 1.46. The van der Waals surface area contributed by atoms with Gasteiger partial charge in [0.2, 0.25) is 5.90 Å². The highest BCUT2D eigenvalue weighted by Crippen LogP contribution is 2.36. The molecule has 0 radical (unpaired) electrons. The Kier molecular flexibility index (Phi) is 6.11. The van der Waals surface area contributed by atoms with Crippen molar-refractivity contribution >= 4 is 49.8 Å². The zero-order valence-electron chi connectivity index (χ0n) is 14.6. The van der Waals surface area contributed by atoms with Crippen LogP contribution in [-0.4, -0.2) is 18.5 Å². The molecule has 0 fully saturated rings. The van der Waals surface area contributed by atoms with E-state index in [1.807, 2.05) is 12.1 Å². The average Bonchev–Trinajstić information content (AvgIpc) is 2.95. The second-order valence-electron chi connectivity index (χ2n) is 6.36. The van der Waals surface area contributed by atoms with E-state index < -0.39 is 5.97 Å². The van der Waals surface area contributed by atoms with E-state index in [1.165, 1.54) is 24.3 Å². The number of carbonyl (C=O) groups is 1. The smallest absolute Gasteiger partial charge is 0.363 e. The first kappa shape index (κ1) is 19.8. The summed E-state index contributed by atoms with van der Waals surface area (Å²) in [6.07, 6.45) is 1.63. The molecular formula is C20H16Br2FNO3. The minimum atomic E-state index is -0.554. The minimum Gasteiger partial charge on any atom is -0.491 e. The third-order valence-corrected chi connectivity index (χ3v) is 4.77. The Labute approximate surface area is 173 Å². The van der Waals surface area contributed by atoms with Crippen LogP contribution in [0.25, 0.3) is 6.08 Å². The van der Waals surface area contributed by atoms with Crippen LogP contribution < -0.4 is 4.74 Å². The van der Waals surface area contributed by atoms with Gasteiger partial charge in [-0.15, -0.1) is 0 Å². The van der Waals surface area contributed by atoms with E-state index in [1.54, 1.807) is 6.08 Å². The van der Waals surface area contributed by atoms with Gasteiger partial charge in [0, 0.05) is 5.56 Å². The van der Waals surface area contributed by atoms with Gasteiger partial charge in [0.1, 0.15) is 11.6 Å². The van der Waals surface area contributed by atoms with Crippen LogP contribution in [0.3, 0.4) is 0 Å². The first-order valence-electron chi connectivity index (χ1n) is 8.24. The van der Waals surface area contributed by atoms with Crippen LogP contribution in [0, 0.1) is 11.7 Å². The summed E-state index contributed by atoms with van der Waals surface area (Å²) in [5, 5.41) is 0. The zero-order chi connectivity index (χ0) is 19.6. The van der Waals surface area contributed by atoms with Gasteiger partial charge < -0.3 is 9.47 Å². The van der Waals surface area contributed by atoms with E-state index in [9.17, 15) is 9.18 Å². The molecule has 2 aromatic carbocycles. The first-order chi connectivity index (χ1) is 12.8. The normalized spacial score (nSPS) is 15.3. The molecule has 3 rings (SSSR count). The maximum atomic E-state index is 13.0. The highest BCUT2D eigenvalue weighted by molar-refractivity contribution is 9.11. The van der Waals surface area contributed by atoms with E-state index >= 15 is 0 Å². The van der Waals surface area contributed by atoms with Gasteiger partial charge in [-0.3, -0.25) is 0 Å². The highest BCUT2D eigenvalue weighted by Gasteiger charge is 2.24. The molecule has 4 nitrogen and oxygen atoms in total. The van der Waals surface area contributed by atoms with Crippen molar-refractivity contribution < 1.29 is 18.7 Å². The van der Waals surface area contributed by atoms with Crippen LogP contribution >= 0.6 is 31.9 Å². The van der Waals surface area contributed by atoms with Crippen LogP contribution in [0.2, 0.25) is 0 Å². The Balaban J connectivity index is 1.87. The van der Waals surface area contributed by atoms with Gasteiger partial charge in [-0.1, -0.05) is 13.8 Å². The standard InChI is InChI=1S/C20H16Br2FNO3/c1-11(2)10-26-18-15(21)7-12(8-16(18)22)9-17-20(25)27-19(24-17)13-3-5-14(23)6-4-13/h3-9,11H,10H2,1-2H3/b17-9-. The van der Waals surface area contributed by atoms with Crippen molar-refractivity contribution in [3.63, 3.8) is 0 Å². The van der Waals surface area contributed by atoms with E-state index in [2.05, 4.69) is 50.7 Å². The molecule has 0 saturated heterocycles. The summed E-state index contributed by atoms with van der Waals surface area (Å²) in [6.45, 7) is 4.74. The van der Waals surface area contributed by atoms with Crippen LogP contribution in [0.15, 0.2) is 56.0 Å². The number of aliphatic imine (C=N–C) groups is 1. The molecule has 140 valence electrons. The minimum absolute atomic E-state index is 0.154. The van der Waals surface area contributed by atoms with Crippen molar-refractivity contribution in [3.05, 3.63) is 68.0 Å². The molecule has 0 amide bonds. The number of nitrogens with zero attached hydrogens (tertiary/aromatic N) is 1. The Hall–Kier alpha value is -1.99. The number of halogens is 3. The lowest BCUT2D eigenvalue weighted by Gasteiger charge is -2.13. The Morgan fingerprint density at radius 3 is 2.41 bits per heavy atom. The Morgan fingerprint density at radius 2 is 1.81 bits per heavy atom. The van der Waals surface area contributed by atoms with Gasteiger partial charge in [-0.2, -0.15) is 0 Å². The third kappa shape index (κ3) is 4.84. The van der Waals surface area contributed by atoms with Crippen LogP contribution in [-0.2, 0) is 9.53 Å². The lowest BCUT2D eigenvalue weighted by molar-refractivity contribution is -0.129. The Bertz CT molecular complexity index is 914. The fourth-order valence-electron chi connectivity index (χ4n) is 2.33. The maximum Gasteiger partial charge on any atom is 0.363 e. The van der Waals surface area contributed by atoms with Gasteiger partial charge in [-0.25, -0.2) is 14.2 Å². The van der Waals surface area contributed by atoms with Crippen molar-refractivity contribution in [3.8, 4) is 5.75 Å².